The molecule has 3 aliphatic rings. The fourth-order valence-corrected chi connectivity index (χ4v) is 5.47. The normalized spacial score (nSPS) is 23.2. The summed E-state index contributed by atoms with van der Waals surface area (Å²) in [6.45, 7) is 10.6. The molecular formula is C31H37BrN2. The smallest absolute Gasteiger partial charge is 0.0703 e. The van der Waals surface area contributed by atoms with Gasteiger partial charge in [0, 0.05) is 22.6 Å². The van der Waals surface area contributed by atoms with Crippen molar-refractivity contribution < 1.29 is 0 Å². The van der Waals surface area contributed by atoms with Crippen LogP contribution < -0.4 is 5.32 Å². The zero-order valence-corrected chi connectivity index (χ0v) is 22.6. The van der Waals surface area contributed by atoms with Gasteiger partial charge < -0.3 is 5.32 Å². The van der Waals surface area contributed by atoms with Crippen LogP contribution in [0, 0.1) is 24.7 Å². The standard InChI is InChI=1S/C21H25BrN2.C7H8.C3H4/c1-14-7-8-21(2)17(10-14)6-5-15-11-18(22)13-24-20(15)19(21)16-4-3-9-23-12-16;1-7-5-3-2-4-6-7;1-3-2/h7,10-11,13,23H,3-6,8-9,12H2,1-2H3;2-6H,1H3;1H,2H3/b19-16+;;. The van der Waals surface area contributed by atoms with E-state index >= 15 is 0 Å². The van der Waals surface area contributed by atoms with Crippen LogP contribution in [0.3, 0.4) is 0 Å². The molecule has 1 aromatic heterocycles. The Hall–Kier alpha value is -2.41. The Morgan fingerprint density at radius 3 is 2.47 bits per heavy atom. The third kappa shape index (κ3) is 6.38. The highest BCUT2D eigenvalue weighted by Gasteiger charge is 2.40. The van der Waals surface area contributed by atoms with Crippen molar-refractivity contribution in [3.8, 4) is 12.3 Å². The summed E-state index contributed by atoms with van der Waals surface area (Å²) in [4.78, 5) is 4.91. The zero-order chi connectivity index (χ0) is 24.6. The number of allylic oxidation sites excluding steroid dienone is 5. The molecule has 1 unspecified atom stereocenters. The number of rotatable bonds is 0. The fraction of sp³-hybridized carbons (Fsp3) is 0.387. The third-order valence-corrected chi connectivity index (χ3v) is 7.23. The molecule has 178 valence electrons. The summed E-state index contributed by atoms with van der Waals surface area (Å²) >= 11 is 3.62. The molecule has 0 radical (unpaired) electrons. The molecule has 2 heterocycles. The number of fused-ring (bicyclic) bond motifs is 2. The molecule has 1 aromatic carbocycles. The molecule has 0 bridgehead atoms. The summed E-state index contributed by atoms with van der Waals surface area (Å²) in [6, 6.07) is 12.5. The van der Waals surface area contributed by atoms with Gasteiger partial charge in [0.15, 0.2) is 0 Å². The average molecular weight is 518 g/mol. The largest absolute Gasteiger partial charge is 0.313 e. The first kappa shape index (κ1) is 26.2. The van der Waals surface area contributed by atoms with Crippen LogP contribution in [0.5, 0.6) is 0 Å². The van der Waals surface area contributed by atoms with Gasteiger partial charge in [-0.05, 0) is 92.6 Å². The summed E-state index contributed by atoms with van der Waals surface area (Å²) in [6.07, 6.45) is 17.2. The number of piperidine rings is 1. The number of nitrogens with zero attached hydrogens (tertiary/aromatic N) is 1. The number of hydrogen-bond donors (Lipinski definition) is 1. The first-order valence-corrected chi connectivity index (χ1v) is 13.0. The quantitative estimate of drug-likeness (QED) is 0.360. The monoisotopic (exact) mass is 516 g/mol. The number of halogens is 1. The van der Waals surface area contributed by atoms with Crippen molar-refractivity contribution in [2.45, 2.75) is 59.8 Å². The molecule has 0 saturated carbocycles. The van der Waals surface area contributed by atoms with Gasteiger partial charge in [0.1, 0.15) is 0 Å². The van der Waals surface area contributed by atoms with Crippen LogP contribution in [0.4, 0.5) is 0 Å². The van der Waals surface area contributed by atoms with E-state index in [1.165, 1.54) is 40.8 Å². The molecule has 1 aliphatic heterocycles. The van der Waals surface area contributed by atoms with Crippen LogP contribution in [0.1, 0.15) is 63.3 Å². The van der Waals surface area contributed by atoms with Gasteiger partial charge in [-0.2, -0.15) is 0 Å². The second-order valence-corrected chi connectivity index (χ2v) is 10.4. The second-order valence-electron chi connectivity index (χ2n) is 9.52. The van der Waals surface area contributed by atoms with Crippen LogP contribution in [-0.4, -0.2) is 18.1 Å². The number of nitrogens with one attached hydrogen (secondary N) is 1. The SMILES string of the molecule is C#CC.CC1=CCC2(C)C(=C1)CCc1cc(Br)cnc1/C2=C1/CCCNC1.Cc1ccccc1. The predicted octanol–water partition coefficient (Wildman–Crippen LogP) is 7.84. The lowest BCUT2D eigenvalue weighted by Crippen LogP contribution is -2.30. The Kier molecular flexibility index (Phi) is 9.51. The van der Waals surface area contributed by atoms with E-state index < -0.39 is 0 Å². The van der Waals surface area contributed by atoms with Gasteiger partial charge >= 0.3 is 0 Å². The molecule has 5 rings (SSSR count). The number of benzene rings is 1. The van der Waals surface area contributed by atoms with E-state index in [1.807, 2.05) is 24.4 Å². The maximum atomic E-state index is 4.91. The fourth-order valence-electron chi connectivity index (χ4n) is 5.09. The van der Waals surface area contributed by atoms with Crippen molar-refractivity contribution >= 4 is 21.5 Å². The first-order chi connectivity index (χ1) is 16.4. The lowest BCUT2D eigenvalue weighted by Gasteiger charge is -2.38. The number of aromatic nitrogens is 1. The maximum Gasteiger partial charge on any atom is 0.0703 e. The number of aryl methyl sites for hydroxylation is 2. The topological polar surface area (TPSA) is 24.9 Å². The Labute approximate surface area is 214 Å². The molecule has 1 saturated heterocycles. The van der Waals surface area contributed by atoms with E-state index in [0.717, 1.165) is 36.8 Å². The molecule has 0 amide bonds. The lowest BCUT2D eigenvalue weighted by molar-refractivity contribution is 0.504. The minimum Gasteiger partial charge on any atom is -0.313 e. The van der Waals surface area contributed by atoms with Crippen LogP contribution in [-0.2, 0) is 6.42 Å². The Balaban J connectivity index is 0.000000272. The molecule has 0 spiro atoms. The predicted molar refractivity (Wildman–Crippen MR) is 150 cm³/mol. The molecule has 2 aromatic rings. The van der Waals surface area contributed by atoms with E-state index in [1.54, 1.807) is 18.1 Å². The van der Waals surface area contributed by atoms with E-state index in [0.29, 0.717) is 0 Å². The summed E-state index contributed by atoms with van der Waals surface area (Å²) < 4.78 is 1.09. The van der Waals surface area contributed by atoms with Crippen molar-refractivity contribution in [2.24, 2.45) is 5.41 Å². The van der Waals surface area contributed by atoms with Crippen molar-refractivity contribution in [2.75, 3.05) is 13.1 Å². The molecule has 1 atom stereocenters. The van der Waals surface area contributed by atoms with Gasteiger partial charge in [-0.1, -0.05) is 71.7 Å². The molecule has 2 nitrogen and oxygen atoms in total. The highest BCUT2D eigenvalue weighted by atomic mass is 79.9. The van der Waals surface area contributed by atoms with E-state index in [2.05, 4.69) is 84.7 Å². The van der Waals surface area contributed by atoms with Gasteiger partial charge in [-0.25, -0.2) is 0 Å². The van der Waals surface area contributed by atoms with Crippen LogP contribution in [0.25, 0.3) is 5.57 Å². The van der Waals surface area contributed by atoms with Gasteiger partial charge in [0.05, 0.1) is 5.69 Å². The van der Waals surface area contributed by atoms with Gasteiger partial charge in [-0.3, -0.25) is 4.98 Å². The van der Waals surface area contributed by atoms with Crippen molar-refractivity contribution in [1.29, 1.82) is 0 Å². The Bertz CT molecular complexity index is 1110. The highest BCUT2D eigenvalue weighted by molar-refractivity contribution is 9.10. The number of pyridine rings is 1. The summed E-state index contributed by atoms with van der Waals surface area (Å²) in [5.74, 6) is 2.25. The summed E-state index contributed by atoms with van der Waals surface area (Å²) in [7, 11) is 0. The van der Waals surface area contributed by atoms with Crippen LogP contribution in [0.15, 0.2) is 75.9 Å². The van der Waals surface area contributed by atoms with E-state index in [4.69, 9.17) is 4.98 Å². The van der Waals surface area contributed by atoms with Gasteiger partial charge in [0.2, 0.25) is 0 Å². The summed E-state index contributed by atoms with van der Waals surface area (Å²) in [5.41, 5.74) is 10.1. The molecule has 34 heavy (non-hydrogen) atoms. The molecule has 1 N–H and O–H groups in total. The van der Waals surface area contributed by atoms with E-state index in [9.17, 15) is 0 Å². The highest BCUT2D eigenvalue weighted by Crippen LogP contribution is 2.52. The molecule has 2 aliphatic carbocycles. The summed E-state index contributed by atoms with van der Waals surface area (Å²) in [5, 5.41) is 3.59. The Morgan fingerprint density at radius 1 is 1.12 bits per heavy atom. The minimum absolute atomic E-state index is 0.0972. The van der Waals surface area contributed by atoms with Crippen LogP contribution in [0.2, 0.25) is 0 Å². The van der Waals surface area contributed by atoms with Gasteiger partial charge in [-0.15, -0.1) is 12.3 Å². The van der Waals surface area contributed by atoms with Crippen molar-refractivity contribution in [1.82, 2.24) is 10.3 Å². The maximum absolute atomic E-state index is 4.91. The molecule has 1 fully saturated rings. The molecular weight excluding hydrogens is 480 g/mol. The lowest BCUT2D eigenvalue weighted by atomic mass is 9.67. The van der Waals surface area contributed by atoms with Crippen molar-refractivity contribution in [3.05, 3.63) is 92.8 Å². The average Bonchev–Trinajstić information content (AvgIpc) is 2.95. The Morgan fingerprint density at radius 2 is 1.85 bits per heavy atom. The van der Waals surface area contributed by atoms with Crippen molar-refractivity contribution in [3.63, 3.8) is 0 Å². The van der Waals surface area contributed by atoms with E-state index in [-0.39, 0.29) is 5.41 Å². The number of terminal acetylenes is 1. The second kappa shape index (κ2) is 12.3. The number of hydrogen-bond acceptors (Lipinski definition) is 2. The minimum atomic E-state index is 0.0972. The first-order valence-electron chi connectivity index (χ1n) is 12.2. The molecule has 3 heteroatoms. The zero-order valence-electron chi connectivity index (χ0n) is 21.0. The van der Waals surface area contributed by atoms with Gasteiger partial charge in [0.25, 0.3) is 0 Å². The van der Waals surface area contributed by atoms with Crippen LogP contribution >= 0.6 is 15.9 Å². The third-order valence-electron chi connectivity index (χ3n) is 6.79.